The molecule has 0 saturated heterocycles. The molecule has 0 radical (unpaired) electrons. The molecule has 2 rings (SSSR count). The Hall–Kier alpha value is -1.89. The van der Waals surface area contributed by atoms with E-state index in [9.17, 15) is 9.18 Å². The predicted molar refractivity (Wildman–Crippen MR) is 74.2 cm³/mol. The number of aliphatic carboxylic acids is 1. The largest absolute Gasteiger partial charge is 0.481 e. The van der Waals surface area contributed by atoms with Gasteiger partial charge in [0, 0.05) is 11.6 Å². The normalized spacial score (nSPS) is 11.0. The molecule has 0 spiro atoms. The maximum atomic E-state index is 13.3. The van der Waals surface area contributed by atoms with Gasteiger partial charge in [0.2, 0.25) is 0 Å². The number of hydrogen-bond donors (Lipinski definition) is 1. The van der Waals surface area contributed by atoms with Gasteiger partial charge in [-0.05, 0) is 26.0 Å². The molecule has 106 valence electrons. The van der Waals surface area contributed by atoms with Gasteiger partial charge in [-0.15, -0.1) is 10.2 Å². The van der Waals surface area contributed by atoms with Crippen molar-refractivity contribution in [2.24, 2.45) is 0 Å². The summed E-state index contributed by atoms with van der Waals surface area (Å²) in [5.74, 6) is -0.817. The third-order valence-corrected chi connectivity index (χ3v) is 3.52. The molecule has 0 aliphatic carbocycles. The van der Waals surface area contributed by atoms with Gasteiger partial charge in [0.1, 0.15) is 5.82 Å². The maximum Gasteiger partial charge on any atom is 0.313 e. The maximum absolute atomic E-state index is 13.3. The summed E-state index contributed by atoms with van der Waals surface area (Å²) >= 11 is 1.10. The van der Waals surface area contributed by atoms with E-state index in [0.717, 1.165) is 11.8 Å². The monoisotopic (exact) mass is 295 g/mol. The average Bonchev–Trinajstić information content (AvgIpc) is 2.80. The molecule has 1 N–H and O–H groups in total. The lowest BCUT2D eigenvalue weighted by molar-refractivity contribution is -0.133. The van der Waals surface area contributed by atoms with E-state index in [-0.39, 0.29) is 17.6 Å². The van der Waals surface area contributed by atoms with Crippen molar-refractivity contribution in [3.63, 3.8) is 0 Å². The summed E-state index contributed by atoms with van der Waals surface area (Å²) in [7, 11) is 0. The van der Waals surface area contributed by atoms with Crippen LogP contribution in [0.1, 0.15) is 19.9 Å². The molecule has 1 aromatic heterocycles. The van der Waals surface area contributed by atoms with Gasteiger partial charge in [-0.25, -0.2) is 4.39 Å². The number of benzene rings is 1. The second-order valence-corrected chi connectivity index (χ2v) is 5.41. The number of carbonyl (C=O) groups is 1. The molecule has 1 aromatic carbocycles. The first-order valence-electron chi connectivity index (χ1n) is 6.04. The van der Waals surface area contributed by atoms with Gasteiger partial charge in [-0.3, -0.25) is 9.36 Å². The molecule has 0 unspecified atom stereocenters. The minimum Gasteiger partial charge on any atom is -0.481 e. The fourth-order valence-electron chi connectivity index (χ4n) is 1.79. The highest BCUT2D eigenvalue weighted by Gasteiger charge is 2.17. The summed E-state index contributed by atoms with van der Waals surface area (Å²) < 4.78 is 15.1. The molecule has 20 heavy (non-hydrogen) atoms. The smallest absolute Gasteiger partial charge is 0.313 e. The number of hydrogen-bond acceptors (Lipinski definition) is 4. The number of aromatic nitrogens is 3. The molecule has 5 nitrogen and oxygen atoms in total. The van der Waals surface area contributed by atoms with Crippen LogP contribution in [-0.2, 0) is 4.79 Å². The Bertz CT molecular complexity index is 628. The summed E-state index contributed by atoms with van der Waals surface area (Å²) in [5, 5.41) is 17.3. The number of nitrogens with zero attached hydrogens (tertiary/aromatic N) is 3. The molecule has 0 saturated carbocycles. The molecule has 0 aliphatic rings. The van der Waals surface area contributed by atoms with Gasteiger partial charge >= 0.3 is 5.97 Å². The van der Waals surface area contributed by atoms with Crippen molar-refractivity contribution in [1.82, 2.24) is 14.8 Å². The third-order valence-electron chi connectivity index (χ3n) is 2.59. The Morgan fingerprint density at radius 1 is 1.45 bits per heavy atom. The SMILES string of the molecule is CC(C)n1c(SCC(=O)O)nnc1-c1cccc(F)c1. The molecule has 0 aliphatic heterocycles. The van der Waals surface area contributed by atoms with Crippen LogP contribution in [0.3, 0.4) is 0 Å². The van der Waals surface area contributed by atoms with E-state index < -0.39 is 5.97 Å². The number of rotatable bonds is 5. The molecule has 7 heteroatoms. The molecular weight excluding hydrogens is 281 g/mol. The number of thioether (sulfide) groups is 1. The quantitative estimate of drug-likeness (QED) is 0.859. The molecule has 0 amide bonds. The van der Waals surface area contributed by atoms with Crippen molar-refractivity contribution in [3.8, 4) is 11.4 Å². The van der Waals surface area contributed by atoms with Crippen molar-refractivity contribution in [1.29, 1.82) is 0 Å². The second kappa shape index (κ2) is 6.04. The van der Waals surface area contributed by atoms with Gasteiger partial charge in [0.05, 0.1) is 5.75 Å². The van der Waals surface area contributed by atoms with Crippen LogP contribution in [-0.4, -0.2) is 31.6 Å². The lowest BCUT2D eigenvalue weighted by atomic mass is 10.2. The summed E-state index contributed by atoms with van der Waals surface area (Å²) in [6.07, 6.45) is 0. The van der Waals surface area contributed by atoms with Crippen molar-refractivity contribution >= 4 is 17.7 Å². The van der Waals surface area contributed by atoms with Gasteiger partial charge in [-0.1, -0.05) is 23.9 Å². The zero-order chi connectivity index (χ0) is 14.7. The Morgan fingerprint density at radius 3 is 2.80 bits per heavy atom. The van der Waals surface area contributed by atoms with Crippen LogP contribution in [0.15, 0.2) is 29.4 Å². The van der Waals surface area contributed by atoms with E-state index in [4.69, 9.17) is 5.11 Å². The van der Waals surface area contributed by atoms with Crippen LogP contribution in [0.4, 0.5) is 4.39 Å². The fraction of sp³-hybridized carbons (Fsp3) is 0.308. The van der Waals surface area contributed by atoms with Gasteiger partial charge < -0.3 is 5.11 Å². The van der Waals surface area contributed by atoms with E-state index in [1.165, 1.54) is 12.1 Å². The van der Waals surface area contributed by atoms with Crippen LogP contribution in [0.25, 0.3) is 11.4 Å². The number of halogens is 1. The van der Waals surface area contributed by atoms with Gasteiger partial charge in [0.15, 0.2) is 11.0 Å². The highest BCUT2D eigenvalue weighted by molar-refractivity contribution is 7.99. The van der Waals surface area contributed by atoms with Gasteiger partial charge in [0.25, 0.3) is 0 Å². The summed E-state index contributed by atoms with van der Waals surface area (Å²) in [6.45, 7) is 3.88. The average molecular weight is 295 g/mol. The van der Waals surface area contributed by atoms with Crippen molar-refractivity contribution in [2.45, 2.75) is 25.0 Å². The van der Waals surface area contributed by atoms with Crippen LogP contribution in [0, 0.1) is 5.82 Å². The summed E-state index contributed by atoms with van der Waals surface area (Å²) in [4.78, 5) is 10.6. The van der Waals surface area contributed by atoms with E-state index in [2.05, 4.69) is 10.2 Å². The van der Waals surface area contributed by atoms with Crippen LogP contribution in [0.5, 0.6) is 0 Å². The fourth-order valence-corrected chi connectivity index (χ4v) is 2.58. The second-order valence-electron chi connectivity index (χ2n) is 4.46. The molecular formula is C13H14FN3O2S. The molecule has 1 heterocycles. The minimum absolute atomic E-state index is 0.0413. The Kier molecular flexibility index (Phi) is 4.39. The Morgan fingerprint density at radius 2 is 2.20 bits per heavy atom. The van der Waals surface area contributed by atoms with Crippen molar-refractivity contribution in [3.05, 3.63) is 30.1 Å². The van der Waals surface area contributed by atoms with E-state index in [1.807, 2.05) is 18.4 Å². The standard InChI is InChI=1S/C13H14FN3O2S/c1-8(2)17-12(9-4-3-5-10(14)6-9)15-16-13(17)20-7-11(18)19/h3-6,8H,7H2,1-2H3,(H,18,19). The number of carboxylic acid groups (broad SMARTS) is 1. The first-order chi connectivity index (χ1) is 9.49. The summed E-state index contributed by atoms with van der Waals surface area (Å²) in [6, 6.07) is 6.14. The highest BCUT2D eigenvalue weighted by Crippen LogP contribution is 2.27. The molecule has 0 atom stereocenters. The Balaban J connectivity index is 2.41. The number of carboxylic acids is 1. The van der Waals surface area contributed by atoms with Crippen LogP contribution >= 0.6 is 11.8 Å². The third kappa shape index (κ3) is 3.16. The highest BCUT2D eigenvalue weighted by atomic mass is 32.2. The lowest BCUT2D eigenvalue weighted by Gasteiger charge is -2.13. The first-order valence-corrected chi connectivity index (χ1v) is 7.03. The van der Waals surface area contributed by atoms with Crippen LogP contribution < -0.4 is 0 Å². The first kappa shape index (κ1) is 14.5. The van der Waals surface area contributed by atoms with Gasteiger partial charge in [-0.2, -0.15) is 0 Å². The van der Waals surface area contributed by atoms with E-state index >= 15 is 0 Å². The minimum atomic E-state index is -0.916. The van der Waals surface area contributed by atoms with Crippen molar-refractivity contribution < 1.29 is 14.3 Å². The molecule has 2 aromatic rings. The van der Waals surface area contributed by atoms with Crippen LogP contribution in [0.2, 0.25) is 0 Å². The summed E-state index contributed by atoms with van der Waals surface area (Å²) in [5.41, 5.74) is 0.619. The zero-order valence-corrected chi connectivity index (χ0v) is 11.9. The molecule has 0 bridgehead atoms. The zero-order valence-electron chi connectivity index (χ0n) is 11.1. The molecule has 0 fully saturated rings. The van der Waals surface area contributed by atoms with E-state index in [0.29, 0.717) is 16.5 Å². The topological polar surface area (TPSA) is 68.0 Å². The van der Waals surface area contributed by atoms with Crippen molar-refractivity contribution in [2.75, 3.05) is 5.75 Å². The predicted octanol–water partition coefficient (Wildman–Crippen LogP) is 2.84. The van der Waals surface area contributed by atoms with E-state index in [1.54, 1.807) is 12.1 Å². The lowest BCUT2D eigenvalue weighted by Crippen LogP contribution is -2.07. The Labute approximate surface area is 119 Å².